The van der Waals surface area contributed by atoms with Crippen molar-refractivity contribution in [2.45, 2.75) is 52.5 Å². The summed E-state index contributed by atoms with van der Waals surface area (Å²) in [6, 6.07) is 0.340. The molecular formula is C15H24N2O2S. The molecule has 0 aromatic carbocycles. The Labute approximate surface area is 124 Å². The average molecular weight is 296 g/mol. The Kier molecular flexibility index (Phi) is 5.16. The van der Waals surface area contributed by atoms with Gasteiger partial charge in [-0.1, -0.05) is 0 Å². The number of rotatable bonds is 5. The smallest absolute Gasteiger partial charge is 0.303 e. The Morgan fingerprint density at radius 1 is 1.55 bits per heavy atom. The van der Waals surface area contributed by atoms with Crippen molar-refractivity contribution >= 4 is 17.3 Å². The number of carboxylic acid groups (broad SMARTS) is 1. The Bertz CT molecular complexity index is 472. The molecule has 0 aliphatic carbocycles. The van der Waals surface area contributed by atoms with Gasteiger partial charge in [-0.3, -0.25) is 9.69 Å². The van der Waals surface area contributed by atoms with Crippen LogP contribution in [0.1, 0.15) is 54.2 Å². The van der Waals surface area contributed by atoms with Crippen molar-refractivity contribution in [3.63, 3.8) is 0 Å². The van der Waals surface area contributed by atoms with Crippen LogP contribution < -0.4 is 0 Å². The summed E-state index contributed by atoms with van der Waals surface area (Å²) in [5, 5.41) is 9.94. The molecule has 2 unspecified atom stereocenters. The van der Waals surface area contributed by atoms with E-state index in [1.54, 1.807) is 11.3 Å². The van der Waals surface area contributed by atoms with E-state index in [0.717, 1.165) is 37.4 Å². The lowest BCUT2D eigenvalue weighted by atomic mass is 9.92. The molecule has 20 heavy (non-hydrogen) atoms. The topological polar surface area (TPSA) is 53.4 Å². The second-order valence-corrected chi connectivity index (χ2v) is 7.19. The number of carboxylic acids is 1. The molecule has 1 N–H and O–H groups in total. The van der Waals surface area contributed by atoms with Crippen molar-refractivity contribution < 1.29 is 9.90 Å². The number of hydrogen-bond donors (Lipinski definition) is 1. The van der Waals surface area contributed by atoms with E-state index in [-0.39, 0.29) is 0 Å². The lowest BCUT2D eigenvalue weighted by Gasteiger charge is -2.36. The molecule has 0 bridgehead atoms. The molecule has 2 heterocycles. The van der Waals surface area contributed by atoms with Crippen LogP contribution in [0.4, 0.5) is 0 Å². The molecule has 0 saturated carbocycles. The van der Waals surface area contributed by atoms with Crippen LogP contribution in [0.2, 0.25) is 0 Å². The van der Waals surface area contributed by atoms with Crippen molar-refractivity contribution in [2.24, 2.45) is 5.92 Å². The normalized spacial score (nSPS) is 21.9. The summed E-state index contributed by atoms with van der Waals surface area (Å²) >= 11 is 1.76. The Morgan fingerprint density at radius 2 is 2.30 bits per heavy atom. The number of aromatic nitrogens is 1. The van der Waals surface area contributed by atoms with E-state index in [0.29, 0.717) is 18.4 Å². The second kappa shape index (κ2) is 6.68. The molecule has 2 atom stereocenters. The molecule has 1 aliphatic heterocycles. The van der Waals surface area contributed by atoms with E-state index in [2.05, 4.69) is 30.7 Å². The molecule has 1 aromatic heterocycles. The minimum Gasteiger partial charge on any atom is -0.481 e. The Morgan fingerprint density at radius 3 is 2.90 bits per heavy atom. The lowest BCUT2D eigenvalue weighted by molar-refractivity contribution is -0.137. The van der Waals surface area contributed by atoms with Gasteiger partial charge in [-0.15, -0.1) is 11.3 Å². The number of thiazole rings is 1. The van der Waals surface area contributed by atoms with Gasteiger partial charge in [0.1, 0.15) is 0 Å². The molecule has 1 aromatic rings. The first-order chi connectivity index (χ1) is 9.47. The molecule has 0 amide bonds. The highest BCUT2D eigenvalue weighted by molar-refractivity contribution is 7.11. The number of nitrogens with zero attached hydrogens (tertiary/aromatic N) is 2. The van der Waals surface area contributed by atoms with E-state index in [1.165, 1.54) is 10.6 Å². The Balaban J connectivity index is 1.97. The van der Waals surface area contributed by atoms with Crippen LogP contribution >= 0.6 is 11.3 Å². The first-order valence-electron chi connectivity index (χ1n) is 7.37. The van der Waals surface area contributed by atoms with Crippen molar-refractivity contribution in [3.8, 4) is 0 Å². The third-order valence-corrected chi connectivity index (χ3v) is 5.10. The third kappa shape index (κ3) is 3.79. The lowest BCUT2D eigenvalue weighted by Crippen LogP contribution is -2.37. The van der Waals surface area contributed by atoms with E-state index in [1.807, 2.05) is 0 Å². The quantitative estimate of drug-likeness (QED) is 0.905. The minimum atomic E-state index is -0.679. The zero-order valence-corrected chi connectivity index (χ0v) is 13.4. The van der Waals surface area contributed by atoms with Gasteiger partial charge in [-0.25, -0.2) is 4.98 Å². The third-order valence-electron chi connectivity index (χ3n) is 4.20. The number of hydrogen-bond acceptors (Lipinski definition) is 4. The molecule has 1 fully saturated rings. The summed E-state index contributed by atoms with van der Waals surface area (Å²) in [5.74, 6) is -0.163. The summed E-state index contributed by atoms with van der Waals surface area (Å²) in [7, 11) is 0. The molecule has 0 spiro atoms. The molecule has 112 valence electrons. The van der Waals surface area contributed by atoms with Crippen LogP contribution in [0.25, 0.3) is 0 Å². The highest BCUT2D eigenvalue weighted by Crippen LogP contribution is 2.31. The number of piperidine rings is 1. The summed E-state index contributed by atoms with van der Waals surface area (Å²) in [6.07, 6.45) is 3.41. The van der Waals surface area contributed by atoms with E-state index in [4.69, 9.17) is 5.11 Å². The SMILES string of the molecule is Cc1nc(C(C)N2CCCC(CCC(=O)O)C2)c(C)s1. The fraction of sp³-hybridized carbons (Fsp3) is 0.733. The van der Waals surface area contributed by atoms with Crippen LogP contribution in [0.15, 0.2) is 0 Å². The molecule has 1 aliphatic rings. The summed E-state index contributed by atoms with van der Waals surface area (Å²) in [6.45, 7) is 8.52. The van der Waals surface area contributed by atoms with Crippen LogP contribution in [0, 0.1) is 19.8 Å². The van der Waals surface area contributed by atoms with Gasteiger partial charge in [-0.05, 0) is 52.5 Å². The predicted molar refractivity (Wildman–Crippen MR) is 81.2 cm³/mol. The van der Waals surface area contributed by atoms with Crippen LogP contribution in [-0.4, -0.2) is 34.0 Å². The van der Waals surface area contributed by atoms with Crippen molar-refractivity contribution in [3.05, 3.63) is 15.6 Å². The highest BCUT2D eigenvalue weighted by Gasteiger charge is 2.26. The van der Waals surface area contributed by atoms with Crippen molar-refractivity contribution in [1.82, 2.24) is 9.88 Å². The standard InChI is InChI=1S/C15H24N2O2S/c1-10(15-11(2)20-12(3)16-15)17-8-4-5-13(9-17)6-7-14(18)19/h10,13H,4-9H2,1-3H3,(H,18,19). The zero-order valence-electron chi connectivity index (χ0n) is 12.6. The van der Waals surface area contributed by atoms with Gasteiger partial charge >= 0.3 is 5.97 Å². The highest BCUT2D eigenvalue weighted by atomic mass is 32.1. The first kappa shape index (κ1) is 15.4. The molecule has 0 radical (unpaired) electrons. The monoisotopic (exact) mass is 296 g/mol. The maximum absolute atomic E-state index is 10.7. The van der Waals surface area contributed by atoms with Crippen molar-refractivity contribution in [2.75, 3.05) is 13.1 Å². The van der Waals surface area contributed by atoms with Crippen molar-refractivity contribution in [1.29, 1.82) is 0 Å². The van der Waals surface area contributed by atoms with E-state index >= 15 is 0 Å². The number of carbonyl (C=O) groups is 1. The minimum absolute atomic E-state index is 0.293. The zero-order chi connectivity index (χ0) is 14.7. The van der Waals surface area contributed by atoms with Crippen LogP contribution in [-0.2, 0) is 4.79 Å². The largest absolute Gasteiger partial charge is 0.481 e. The van der Waals surface area contributed by atoms with Gasteiger partial charge in [-0.2, -0.15) is 0 Å². The first-order valence-corrected chi connectivity index (χ1v) is 8.18. The van der Waals surface area contributed by atoms with Crippen LogP contribution in [0.5, 0.6) is 0 Å². The van der Waals surface area contributed by atoms with Gasteiger partial charge < -0.3 is 5.11 Å². The van der Waals surface area contributed by atoms with Gasteiger partial charge in [0.05, 0.1) is 16.7 Å². The molecular weight excluding hydrogens is 272 g/mol. The van der Waals surface area contributed by atoms with E-state index in [9.17, 15) is 4.79 Å². The fourth-order valence-corrected chi connectivity index (χ4v) is 4.03. The number of aryl methyl sites for hydroxylation is 2. The van der Waals surface area contributed by atoms with Gasteiger partial charge in [0.2, 0.25) is 0 Å². The summed E-state index contributed by atoms with van der Waals surface area (Å²) < 4.78 is 0. The maximum atomic E-state index is 10.7. The fourth-order valence-electron chi connectivity index (χ4n) is 3.12. The number of aliphatic carboxylic acids is 1. The van der Waals surface area contributed by atoms with Gasteiger partial charge in [0, 0.05) is 17.8 Å². The van der Waals surface area contributed by atoms with Crippen LogP contribution in [0.3, 0.4) is 0 Å². The second-order valence-electron chi connectivity index (χ2n) is 5.79. The Hall–Kier alpha value is -0.940. The molecule has 1 saturated heterocycles. The molecule has 4 nitrogen and oxygen atoms in total. The average Bonchev–Trinajstić information content (AvgIpc) is 2.75. The predicted octanol–water partition coefficient (Wildman–Crippen LogP) is 3.40. The summed E-state index contributed by atoms with van der Waals surface area (Å²) in [4.78, 5) is 19.1. The van der Waals surface area contributed by atoms with Gasteiger partial charge in [0.25, 0.3) is 0 Å². The van der Waals surface area contributed by atoms with Gasteiger partial charge in [0.15, 0.2) is 0 Å². The molecule has 2 rings (SSSR count). The summed E-state index contributed by atoms with van der Waals surface area (Å²) in [5.41, 5.74) is 1.20. The van der Waals surface area contributed by atoms with E-state index < -0.39 is 5.97 Å². The number of likely N-dealkylation sites (tertiary alicyclic amines) is 1. The molecule has 5 heteroatoms. The maximum Gasteiger partial charge on any atom is 0.303 e.